The van der Waals surface area contributed by atoms with Crippen molar-refractivity contribution < 1.29 is 9.90 Å². The van der Waals surface area contributed by atoms with E-state index in [2.05, 4.69) is 65.2 Å². The lowest BCUT2D eigenvalue weighted by atomic mass is 10.0. The monoisotopic (exact) mass is 338 g/mol. The van der Waals surface area contributed by atoms with E-state index in [0.29, 0.717) is 0 Å². The van der Waals surface area contributed by atoms with E-state index in [1.54, 1.807) is 0 Å². The summed E-state index contributed by atoms with van der Waals surface area (Å²) >= 11 is 0. The van der Waals surface area contributed by atoms with Gasteiger partial charge < -0.3 is 9.67 Å². The quantitative estimate of drug-likeness (QED) is 0.835. The Morgan fingerprint density at radius 1 is 1.24 bits per heavy atom. The van der Waals surface area contributed by atoms with Crippen LogP contribution in [0.1, 0.15) is 36.9 Å². The molecule has 0 bridgehead atoms. The van der Waals surface area contributed by atoms with Gasteiger partial charge in [-0.1, -0.05) is 36.4 Å². The van der Waals surface area contributed by atoms with Crippen LogP contribution >= 0.6 is 0 Å². The second kappa shape index (κ2) is 8.17. The Labute approximate surface area is 149 Å². The van der Waals surface area contributed by atoms with E-state index >= 15 is 0 Å². The summed E-state index contributed by atoms with van der Waals surface area (Å²) in [6.45, 7) is 1.93. The predicted molar refractivity (Wildman–Crippen MR) is 100 cm³/mol. The third-order valence-electron chi connectivity index (χ3n) is 4.98. The van der Waals surface area contributed by atoms with Crippen LogP contribution in [-0.4, -0.2) is 39.7 Å². The van der Waals surface area contributed by atoms with Crippen LogP contribution in [0.4, 0.5) is 0 Å². The van der Waals surface area contributed by atoms with E-state index in [1.807, 2.05) is 6.07 Å². The van der Waals surface area contributed by atoms with Crippen LogP contribution in [0, 0.1) is 0 Å². The number of aromatic nitrogens is 1. The number of carbonyl (C=O) groups is 1. The summed E-state index contributed by atoms with van der Waals surface area (Å²) < 4.78 is 2.14. The smallest absolute Gasteiger partial charge is 0.304 e. The van der Waals surface area contributed by atoms with E-state index in [-0.39, 0.29) is 12.5 Å². The van der Waals surface area contributed by atoms with Crippen LogP contribution in [0.15, 0.2) is 54.7 Å². The second-order valence-electron chi connectivity index (χ2n) is 6.71. The number of aryl methyl sites for hydroxylation is 1. The highest BCUT2D eigenvalue weighted by Crippen LogP contribution is 2.25. The highest BCUT2D eigenvalue weighted by Gasteiger charge is 2.25. The van der Waals surface area contributed by atoms with Gasteiger partial charge in [-0.3, -0.25) is 9.69 Å². The highest BCUT2D eigenvalue weighted by molar-refractivity contribution is 5.78. The van der Waals surface area contributed by atoms with E-state index in [0.717, 1.165) is 32.4 Å². The van der Waals surface area contributed by atoms with Gasteiger partial charge in [0.15, 0.2) is 0 Å². The van der Waals surface area contributed by atoms with E-state index < -0.39 is 5.97 Å². The van der Waals surface area contributed by atoms with E-state index in [4.69, 9.17) is 5.11 Å². The Hall–Kier alpha value is -2.33. The van der Waals surface area contributed by atoms with Gasteiger partial charge in [0.25, 0.3) is 0 Å². The van der Waals surface area contributed by atoms with Gasteiger partial charge >= 0.3 is 5.97 Å². The maximum Gasteiger partial charge on any atom is 0.304 e. The lowest BCUT2D eigenvalue weighted by Crippen LogP contribution is -2.32. The molecule has 3 rings (SSSR count). The molecule has 1 aromatic heterocycles. The van der Waals surface area contributed by atoms with Crippen LogP contribution in [0.2, 0.25) is 0 Å². The molecule has 0 spiro atoms. The van der Waals surface area contributed by atoms with Crippen LogP contribution in [0.3, 0.4) is 0 Å². The fourth-order valence-corrected chi connectivity index (χ4v) is 3.73. The van der Waals surface area contributed by atoms with Gasteiger partial charge in [0.05, 0.1) is 6.42 Å². The summed E-state index contributed by atoms with van der Waals surface area (Å²) in [6, 6.07) is 14.8. The molecule has 1 N–H and O–H groups in total. The number of carboxylic acid groups (broad SMARTS) is 1. The minimum atomic E-state index is -0.693. The normalized spacial score (nSPS) is 18.6. The summed E-state index contributed by atoms with van der Waals surface area (Å²) in [5.41, 5.74) is 3.66. The average molecular weight is 338 g/mol. The van der Waals surface area contributed by atoms with Gasteiger partial charge in [0.1, 0.15) is 0 Å². The summed E-state index contributed by atoms with van der Waals surface area (Å²) in [6.07, 6.45) is 7.64. The van der Waals surface area contributed by atoms with Crippen molar-refractivity contribution in [1.29, 1.82) is 0 Å². The maximum atomic E-state index is 11.0. The average Bonchev–Trinajstić information content (AvgIpc) is 3.21. The largest absolute Gasteiger partial charge is 0.481 e. The van der Waals surface area contributed by atoms with Gasteiger partial charge in [0, 0.05) is 37.1 Å². The first-order valence-corrected chi connectivity index (χ1v) is 8.98. The Morgan fingerprint density at radius 3 is 2.72 bits per heavy atom. The molecule has 2 aromatic rings. The molecular formula is C21H26N2O2. The number of nitrogens with zero attached hydrogens (tertiary/aromatic N) is 2. The van der Waals surface area contributed by atoms with Crippen LogP contribution in [0.5, 0.6) is 0 Å². The number of aliphatic carboxylic acids is 1. The number of rotatable bonds is 7. The Kier molecular flexibility index (Phi) is 5.71. The molecule has 132 valence electrons. The Morgan fingerprint density at radius 2 is 2.04 bits per heavy atom. The highest BCUT2D eigenvalue weighted by atomic mass is 16.4. The molecule has 0 amide bonds. The molecule has 0 aliphatic carbocycles. The van der Waals surface area contributed by atoms with Crippen molar-refractivity contribution in [2.75, 3.05) is 13.1 Å². The third-order valence-corrected chi connectivity index (χ3v) is 4.98. The molecule has 1 aromatic carbocycles. The fraction of sp³-hybridized carbons (Fsp3) is 0.381. The van der Waals surface area contributed by atoms with Crippen molar-refractivity contribution in [3.8, 4) is 0 Å². The molecule has 1 aliphatic heterocycles. The lowest BCUT2D eigenvalue weighted by molar-refractivity contribution is -0.138. The maximum absolute atomic E-state index is 11.0. The SMILES string of the molecule is Cn1cccc1C(=CCCN1CCC[C@H]1CC(=O)O)c1ccccc1. The molecule has 1 aliphatic rings. The molecule has 1 fully saturated rings. The second-order valence-corrected chi connectivity index (χ2v) is 6.71. The first kappa shape index (κ1) is 17.5. The number of likely N-dealkylation sites (tertiary alicyclic amines) is 1. The minimum Gasteiger partial charge on any atom is -0.481 e. The van der Waals surface area contributed by atoms with Crippen molar-refractivity contribution in [3.63, 3.8) is 0 Å². The summed E-state index contributed by atoms with van der Waals surface area (Å²) in [5, 5.41) is 9.07. The van der Waals surface area contributed by atoms with Crippen LogP contribution < -0.4 is 0 Å². The molecule has 2 heterocycles. The van der Waals surface area contributed by atoms with E-state index in [9.17, 15) is 4.79 Å². The molecular weight excluding hydrogens is 312 g/mol. The fourth-order valence-electron chi connectivity index (χ4n) is 3.73. The number of hydrogen-bond donors (Lipinski definition) is 1. The molecule has 4 nitrogen and oxygen atoms in total. The van der Waals surface area contributed by atoms with Crippen molar-refractivity contribution in [2.45, 2.75) is 31.7 Å². The molecule has 4 heteroatoms. The van der Waals surface area contributed by atoms with Crippen molar-refractivity contribution in [3.05, 3.63) is 66.0 Å². The zero-order valence-corrected chi connectivity index (χ0v) is 14.8. The first-order valence-electron chi connectivity index (χ1n) is 8.98. The molecule has 0 unspecified atom stereocenters. The Balaban J connectivity index is 1.74. The molecule has 1 atom stereocenters. The van der Waals surface area contributed by atoms with E-state index in [1.165, 1.54) is 16.8 Å². The Bertz CT molecular complexity index is 733. The van der Waals surface area contributed by atoms with Crippen molar-refractivity contribution in [1.82, 2.24) is 9.47 Å². The molecule has 0 saturated carbocycles. The topological polar surface area (TPSA) is 45.5 Å². The minimum absolute atomic E-state index is 0.195. The number of carboxylic acids is 1. The van der Waals surface area contributed by atoms with Gasteiger partial charge in [-0.25, -0.2) is 0 Å². The zero-order valence-electron chi connectivity index (χ0n) is 14.8. The molecule has 0 radical (unpaired) electrons. The molecule has 1 saturated heterocycles. The van der Waals surface area contributed by atoms with Crippen LogP contribution in [-0.2, 0) is 11.8 Å². The van der Waals surface area contributed by atoms with Gasteiger partial charge in [-0.2, -0.15) is 0 Å². The molecule has 25 heavy (non-hydrogen) atoms. The zero-order chi connectivity index (χ0) is 17.6. The summed E-state index contributed by atoms with van der Waals surface area (Å²) in [4.78, 5) is 13.4. The lowest BCUT2D eigenvalue weighted by Gasteiger charge is -2.22. The van der Waals surface area contributed by atoms with Gasteiger partial charge in [0.2, 0.25) is 0 Å². The standard InChI is InChI=1S/C21H26N2O2/c1-22-13-7-12-20(22)19(17-8-3-2-4-9-17)11-6-15-23-14-5-10-18(23)16-21(24)25/h2-4,7-9,11-13,18H,5-6,10,14-16H2,1H3,(H,24,25)/t18-/m0/s1. The first-order chi connectivity index (χ1) is 12.1. The van der Waals surface area contributed by atoms with Crippen molar-refractivity contribution >= 4 is 11.5 Å². The third kappa shape index (κ3) is 4.40. The van der Waals surface area contributed by atoms with Crippen molar-refractivity contribution in [2.24, 2.45) is 7.05 Å². The number of benzene rings is 1. The van der Waals surface area contributed by atoms with Gasteiger partial charge in [-0.05, 0) is 43.5 Å². The van der Waals surface area contributed by atoms with Crippen LogP contribution in [0.25, 0.3) is 5.57 Å². The number of hydrogen-bond acceptors (Lipinski definition) is 2. The summed E-state index contributed by atoms with van der Waals surface area (Å²) in [7, 11) is 2.06. The predicted octanol–water partition coefficient (Wildman–Crippen LogP) is 3.79. The van der Waals surface area contributed by atoms with Gasteiger partial charge in [-0.15, -0.1) is 0 Å². The summed E-state index contributed by atoms with van der Waals surface area (Å²) in [5.74, 6) is -0.693.